The van der Waals surface area contributed by atoms with Gasteiger partial charge in [0, 0.05) is 13.1 Å². The molecule has 0 spiro atoms. The molecule has 1 unspecified atom stereocenters. The smallest absolute Gasteiger partial charge is 0.311 e. The van der Waals surface area contributed by atoms with Gasteiger partial charge in [-0.25, -0.2) is 4.98 Å². The van der Waals surface area contributed by atoms with E-state index in [4.69, 9.17) is 0 Å². The van der Waals surface area contributed by atoms with Crippen LogP contribution in [0.5, 0.6) is 0 Å². The Balaban J connectivity index is 2.26. The van der Waals surface area contributed by atoms with Gasteiger partial charge in [0.2, 0.25) is 5.95 Å². The van der Waals surface area contributed by atoms with Crippen molar-refractivity contribution >= 4 is 11.9 Å². The van der Waals surface area contributed by atoms with Crippen LogP contribution in [-0.2, 0) is 4.79 Å². The lowest BCUT2D eigenvalue weighted by Gasteiger charge is -2.28. The topological polar surface area (TPSA) is 79.2 Å². The van der Waals surface area contributed by atoms with Crippen LogP contribution in [0.2, 0.25) is 0 Å². The van der Waals surface area contributed by atoms with Crippen molar-refractivity contribution < 1.29 is 9.90 Å². The van der Waals surface area contributed by atoms with E-state index in [1.54, 1.807) is 0 Å². The number of aliphatic carboxylic acids is 1. The molecule has 6 heteroatoms. The SMILES string of the molecule is Cc1nnc(N2CCC(C(=O)O)(C(C)C)C2)nc1C. The van der Waals surface area contributed by atoms with E-state index in [1.165, 1.54) is 0 Å². The van der Waals surface area contributed by atoms with Crippen LogP contribution in [0.4, 0.5) is 5.95 Å². The van der Waals surface area contributed by atoms with Crippen LogP contribution < -0.4 is 4.90 Å². The molecule has 1 saturated heterocycles. The first-order chi connectivity index (χ1) is 8.86. The minimum absolute atomic E-state index is 0.0782. The predicted octanol–water partition coefficient (Wildman–Crippen LogP) is 1.43. The molecule has 2 heterocycles. The molecular weight excluding hydrogens is 244 g/mol. The molecule has 0 aromatic carbocycles. The Kier molecular flexibility index (Phi) is 3.43. The summed E-state index contributed by atoms with van der Waals surface area (Å²) in [6.45, 7) is 8.77. The van der Waals surface area contributed by atoms with Crippen molar-refractivity contribution in [2.75, 3.05) is 18.0 Å². The van der Waals surface area contributed by atoms with E-state index >= 15 is 0 Å². The predicted molar refractivity (Wildman–Crippen MR) is 71.0 cm³/mol. The third-order valence-electron chi connectivity index (χ3n) is 4.20. The van der Waals surface area contributed by atoms with E-state index in [0.717, 1.165) is 11.4 Å². The van der Waals surface area contributed by atoms with Gasteiger partial charge in [0.25, 0.3) is 0 Å². The minimum atomic E-state index is -0.734. The Morgan fingerprint density at radius 3 is 2.47 bits per heavy atom. The Bertz CT molecular complexity index is 503. The summed E-state index contributed by atoms with van der Waals surface area (Å²) in [6, 6.07) is 0. The van der Waals surface area contributed by atoms with Crippen molar-refractivity contribution in [3.63, 3.8) is 0 Å². The van der Waals surface area contributed by atoms with Crippen LogP contribution in [0.25, 0.3) is 0 Å². The van der Waals surface area contributed by atoms with Crippen LogP contribution in [0, 0.1) is 25.2 Å². The fourth-order valence-corrected chi connectivity index (χ4v) is 2.48. The van der Waals surface area contributed by atoms with Crippen LogP contribution in [-0.4, -0.2) is 39.3 Å². The molecule has 1 atom stereocenters. The first-order valence-corrected chi connectivity index (χ1v) is 6.53. The molecule has 19 heavy (non-hydrogen) atoms. The molecule has 0 amide bonds. The number of anilines is 1. The number of carbonyl (C=O) groups is 1. The van der Waals surface area contributed by atoms with Crippen LogP contribution in [0.15, 0.2) is 0 Å². The minimum Gasteiger partial charge on any atom is -0.481 e. The summed E-state index contributed by atoms with van der Waals surface area (Å²) in [5.74, 6) is -0.122. The molecule has 0 aliphatic carbocycles. The van der Waals surface area contributed by atoms with Crippen LogP contribution >= 0.6 is 0 Å². The van der Waals surface area contributed by atoms with Crippen molar-refractivity contribution in [1.29, 1.82) is 0 Å². The van der Waals surface area contributed by atoms with E-state index in [2.05, 4.69) is 15.2 Å². The van der Waals surface area contributed by atoms with Crippen molar-refractivity contribution in [1.82, 2.24) is 15.2 Å². The Morgan fingerprint density at radius 2 is 2.00 bits per heavy atom. The maximum atomic E-state index is 11.6. The molecule has 1 aromatic rings. The zero-order valence-electron chi connectivity index (χ0n) is 11.8. The van der Waals surface area contributed by atoms with Gasteiger partial charge in [-0.2, -0.15) is 5.10 Å². The zero-order chi connectivity index (χ0) is 14.2. The number of hydrogen-bond donors (Lipinski definition) is 1. The zero-order valence-corrected chi connectivity index (χ0v) is 11.8. The lowest BCUT2D eigenvalue weighted by atomic mass is 9.76. The van der Waals surface area contributed by atoms with Crippen LogP contribution in [0.1, 0.15) is 31.7 Å². The van der Waals surface area contributed by atoms with Crippen molar-refractivity contribution in [3.8, 4) is 0 Å². The Labute approximate surface area is 112 Å². The average Bonchev–Trinajstić information content (AvgIpc) is 2.79. The number of carboxylic acid groups (broad SMARTS) is 1. The summed E-state index contributed by atoms with van der Waals surface area (Å²) in [6.07, 6.45) is 0.621. The van der Waals surface area contributed by atoms with E-state index in [-0.39, 0.29) is 5.92 Å². The molecule has 1 aliphatic rings. The maximum Gasteiger partial charge on any atom is 0.311 e. The number of carboxylic acids is 1. The van der Waals surface area contributed by atoms with Gasteiger partial charge in [-0.1, -0.05) is 13.8 Å². The molecule has 1 aromatic heterocycles. The second kappa shape index (κ2) is 4.75. The molecule has 0 bridgehead atoms. The third kappa shape index (κ3) is 2.27. The van der Waals surface area contributed by atoms with Crippen molar-refractivity contribution in [3.05, 3.63) is 11.4 Å². The summed E-state index contributed by atoms with van der Waals surface area (Å²) in [5, 5.41) is 17.7. The summed E-state index contributed by atoms with van der Waals surface area (Å²) < 4.78 is 0. The van der Waals surface area contributed by atoms with E-state index in [1.807, 2.05) is 32.6 Å². The molecular formula is C13H20N4O2. The van der Waals surface area contributed by atoms with Gasteiger partial charge in [-0.3, -0.25) is 4.79 Å². The molecule has 104 valence electrons. The highest BCUT2D eigenvalue weighted by atomic mass is 16.4. The quantitative estimate of drug-likeness (QED) is 0.889. The fraction of sp³-hybridized carbons (Fsp3) is 0.692. The highest BCUT2D eigenvalue weighted by Gasteiger charge is 2.48. The molecule has 1 N–H and O–H groups in total. The lowest BCUT2D eigenvalue weighted by molar-refractivity contribution is -0.150. The molecule has 2 rings (SSSR count). The summed E-state index contributed by atoms with van der Waals surface area (Å²) >= 11 is 0. The van der Waals surface area contributed by atoms with E-state index in [0.29, 0.717) is 25.5 Å². The number of aromatic nitrogens is 3. The average molecular weight is 264 g/mol. The van der Waals surface area contributed by atoms with E-state index in [9.17, 15) is 9.90 Å². The lowest BCUT2D eigenvalue weighted by Crippen LogP contribution is -2.39. The largest absolute Gasteiger partial charge is 0.481 e. The normalized spacial score (nSPS) is 23.1. The summed E-state index contributed by atoms with van der Waals surface area (Å²) in [7, 11) is 0. The fourth-order valence-electron chi connectivity index (χ4n) is 2.48. The van der Waals surface area contributed by atoms with Gasteiger partial charge in [0.05, 0.1) is 16.8 Å². The summed E-state index contributed by atoms with van der Waals surface area (Å²) in [5.41, 5.74) is 0.931. The summed E-state index contributed by atoms with van der Waals surface area (Å²) in [4.78, 5) is 17.9. The number of aryl methyl sites for hydroxylation is 2. The Morgan fingerprint density at radius 1 is 1.32 bits per heavy atom. The van der Waals surface area contributed by atoms with Crippen molar-refractivity contribution in [2.45, 2.75) is 34.1 Å². The van der Waals surface area contributed by atoms with Gasteiger partial charge < -0.3 is 10.0 Å². The van der Waals surface area contributed by atoms with Gasteiger partial charge in [0.1, 0.15) is 0 Å². The number of hydrogen-bond acceptors (Lipinski definition) is 5. The van der Waals surface area contributed by atoms with Crippen LogP contribution in [0.3, 0.4) is 0 Å². The van der Waals surface area contributed by atoms with Gasteiger partial charge in [-0.15, -0.1) is 5.10 Å². The van der Waals surface area contributed by atoms with Gasteiger partial charge >= 0.3 is 5.97 Å². The van der Waals surface area contributed by atoms with Gasteiger partial charge in [-0.05, 0) is 26.2 Å². The number of nitrogens with zero attached hydrogens (tertiary/aromatic N) is 4. The molecule has 1 aliphatic heterocycles. The Hall–Kier alpha value is -1.72. The second-order valence-electron chi connectivity index (χ2n) is 5.57. The van der Waals surface area contributed by atoms with Gasteiger partial charge in [0.15, 0.2) is 0 Å². The maximum absolute atomic E-state index is 11.6. The monoisotopic (exact) mass is 264 g/mol. The first-order valence-electron chi connectivity index (χ1n) is 6.53. The highest BCUT2D eigenvalue weighted by Crippen LogP contribution is 2.39. The highest BCUT2D eigenvalue weighted by molar-refractivity contribution is 5.76. The molecule has 1 fully saturated rings. The standard InChI is InChI=1S/C13H20N4O2/c1-8(2)13(11(18)19)5-6-17(7-13)12-14-9(3)10(4)15-16-12/h8H,5-7H2,1-4H3,(H,18,19). The van der Waals surface area contributed by atoms with E-state index < -0.39 is 11.4 Å². The van der Waals surface area contributed by atoms with Crippen molar-refractivity contribution in [2.24, 2.45) is 11.3 Å². The third-order valence-corrected chi connectivity index (χ3v) is 4.20. The second-order valence-corrected chi connectivity index (χ2v) is 5.57. The molecule has 0 radical (unpaired) electrons. The number of rotatable bonds is 3. The first kappa shape index (κ1) is 13.7. The molecule has 6 nitrogen and oxygen atoms in total. The molecule has 0 saturated carbocycles.